The van der Waals surface area contributed by atoms with Crippen molar-refractivity contribution in [1.82, 2.24) is 4.72 Å². The number of nitrogens with two attached hydrogens (primary N) is 1. The summed E-state index contributed by atoms with van der Waals surface area (Å²) >= 11 is 0. The van der Waals surface area contributed by atoms with Gasteiger partial charge in [0.15, 0.2) is 0 Å². The number of furan rings is 1. The van der Waals surface area contributed by atoms with Gasteiger partial charge in [0.2, 0.25) is 10.0 Å². The van der Waals surface area contributed by atoms with Crippen LogP contribution in [0.1, 0.15) is 11.5 Å². The molecule has 0 saturated carbocycles. The zero-order chi connectivity index (χ0) is 10.8. The molecule has 0 amide bonds. The third-order valence-electron chi connectivity index (χ3n) is 1.72. The molecule has 1 rings (SSSR count). The fourth-order valence-corrected chi connectivity index (χ4v) is 2.43. The summed E-state index contributed by atoms with van der Waals surface area (Å²) in [5.74, 6) is 0.975. The van der Waals surface area contributed by atoms with E-state index in [1.165, 1.54) is 6.07 Å². The van der Waals surface area contributed by atoms with E-state index in [9.17, 15) is 8.42 Å². The van der Waals surface area contributed by atoms with E-state index in [0.717, 1.165) is 0 Å². The van der Waals surface area contributed by atoms with Gasteiger partial charge in [0.1, 0.15) is 16.4 Å². The highest BCUT2D eigenvalue weighted by Gasteiger charge is 2.19. The lowest BCUT2D eigenvalue weighted by Gasteiger charge is -2.02. The molecule has 5 nitrogen and oxygen atoms in total. The first kappa shape index (κ1) is 11.2. The molecule has 0 fully saturated rings. The molecule has 0 saturated heterocycles. The number of nitrogens with one attached hydrogen (secondary N) is 1. The van der Waals surface area contributed by atoms with Crippen LogP contribution in [0.2, 0.25) is 0 Å². The van der Waals surface area contributed by atoms with Crippen molar-refractivity contribution in [1.29, 1.82) is 0 Å². The average molecular weight is 218 g/mol. The third kappa shape index (κ3) is 2.34. The van der Waals surface area contributed by atoms with Gasteiger partial charge in [0.05, 0.1) is 0 Å². The van der Waals surface area contributed by atoms with Gasteiger partial charge in [-0.15, -0.1) is 0 Å². The minimum absolute atomic E-state index is 0.184. The van der Waals surface area contributed by atoms with Gasteiger partial charge in [-0.1, -0.05) is 0 Å². The molecule has 0 aromatic carbocycles. The second kappa shape index (κ2) is 4.12. The Bertz CT molecular complexity index is 408. The van der Waals surface area contributed by atoms with Crippen LogP contribution in [0.5, 0.6) is 0 Å². The van der Waals surface area contributed by atoms with Gasteiger partial charge in [-0.05, 0) is 19.9 Å². The Balaban J connectivity index is 2.98. The Hall–Kier alpha value is -0.850. The molecule has 0 aliphatic carbocycles. The molecule has 0 aliphatic heterocycles. The van der Waals surface area contributed by atoms with Crippen LogP contribution < -0.4 is 10.5 Å². The molecule has 14 heavy (non-hydrogen) atoms. The van der Waals surface area contributed by atoms with Crippen molar-refractivity contribution in [2.24, 2.45) is 5.73 Å². The zero-order valence-electron chi connectivity index (χ0n) is 8.20. The molecule has 1 aromatic rings. The largest absolute Gasteiger partial charge is 0.465 e. The lowest BCUT2D eigenvalue weighted by Crippen LogP contribution is -2.29. The standard InChI is InChI=1S/C8H14N2O3S/c1-6-5-8(7(2)13-6)14(11,12)10-4-3-9/h5,10H,3-4,9H2,1-2H3. The highest BCUT2D eigenvalue weighted by Crippen LogP contribution is 2.18. The molecule has 0 aliphatic rings. The summed E-state index contributed by atoms with van der Waals surface area (Å²) < 4.78 is 30.7. The predicted molar refractivity (Wildman–Crippen MR) is 52.4 cm³/mol. The normalized spacial score (nSPS) is 11.9. The molecule has 0 bridgehead atoms. The Morgan fingerprint density at radius 2 is 2.14 bits per heavy atom. The number of hydrogen-bond donors (Lipinski definition) is 2. The molecule has 1 aromatic heterocycles. The highest BCUT2D eigenvalue weighted by molar-refractivity contribution is 7.89. The van der Waals surface area contributed by atoms with Crippen LogP contribution in [-0.4, -0.2) is 21.5 Å². The molecule has 0 unspecified atom stereocenters. The molecule has 0 radical (unpaired) electrons. The van der Waals surface area contributed by atoms with Crippen LogP contribution in [-0.2, 0) is 10.0 Å². The molecular weight excluding hydrogens is 204 g/mol. The lowest BCUT2D eigenvalue weighted by atomic mass is 10.4. The number of sulfonamides is 1. The first-order chi connectivity index (χ1) is 6.47. The van der Waals surface area contributed by atoms with Gasteiger partial charge in [-0.3, -0.25) is 0 Å². The quantitative estimate of drug-likeness (QED) is 0.752. The maximum absolute atomic E-state index is 11.6. The van der Waals surface area contributed by atoms with Crippen LogP contribution in [0.4, 0.5) is 0 Å². The van der Waals surface area contributed by atoms with Gasteiger partial charge >= 0.3 is 0 Å². The van der Waals surface area contributed by atoms with E-state index >= 15 is 0 Å². The maximum Gasteiger partial charge on any atom is 0.244 e. The molecule has 1 heterocycles. The third-order valence-corrected chi connectivity index (χ3v) is 3.29. The Morgan fingerprint density at radius 3 is 2.57 bits per heavy atom. The Kier molecular flexibility index (Phi) is 3.30. The first-order valence-electron chi connectivity index (χ1n) is 4.24. The fraction of sp³-hybridized carbons (Fsp3) is 0.500. The Labute approximate surface area is 83.3 Å². The van der Waals surface area contributed by atoms with Crippen molar-refractivity contribution < 1.29 is 12.8 Å². The van der Waals surface area contributed by atoms with E-state index < -0.39 is 10.0 Å². The Morgan fingerprint density at radius 1 is 1.50 bits per heavy atom. The van der Waals surface area contributed by atoms with Crippen molar-refractivity contribution in [3.63, 3.8) is 0 Å². The fourth-order valence-electron chi connectivity index (χ4n) is 1.15. The van der Waals surface area contributed by atoms with E-state index in [1.54, 1.807) is 13.8 Å². The SMILES string of the molecule is Cc1cc(S(=O)(=O)NCCN)c(C)o1. The minimum Gasteiger partial charge on any atom is -0.465 e. The van der Waals surface area contributed by atoms with Crippen molar-refractivity contribution in [2.75, 3.05) is 13.1 Å². The summed E-state index contributed by atoms with van der Waals surface area (Å²) in [6, 6.07) is 1.49. The van der Waals surface area contributed by atoms with Crippen LogP contribution in [0.25, 0.3) is 0 Å². The molecular formula is C8H14N2O3S. The second-order valence-electron chi connectivity index (χ2n) is 2.96. The molecule has 6 heteroatoms. The van der Waals surface area contributed by atoms with Crippen LogP contribution in [0, 0.1) is 13.8 Å². The number of hydrogen-bond acceptors (Lipinski definition) is 4. The minimum atomic E-state index is -3.46. The van der Waals surface area contributed by atoms with E-state index in [2.05, 4.69) is 4.72 Å². The summed E-state index contributed by atoms with van der Waals surface area (Å²) in [6.45, 7) is 3.82. The van der Waals surface area contributed by atoms with Crippen molar-refractivity contribution in [3.05, 3.63) is 17.6 Å². The van der Waals surface area contributed by atoms with E-state index in [4.69, 9.17) is 10.2 Å². The van der Waals surface area contributed by atoms with Crippen LogP contribution >= 0.6 is 0 Å². The molecule has 0 atom stereocenters. The predicted octanol–water partition coefficient (Wildman–Crippen LogP) is 0.133. The molecule has 3 N–H and O–H groups in total. The highest BCUT2D eigenvalue weighted by atomic mass is 32.2. The van der Waals surface area contributed by atoms with E-state index in [1.807, 2.05) is 0 Å². The van der Waals surface area contributed by atoms with Crippen molar-refractivity contribution in [3.8, 4) is 0 Å². The van der Waals surface area contributed by atoms with Gasteiger partial charge < -0.3 is 10.2 Å². The summed E-state index contributed by atoms with van der Waals surface area (Å²) in [5.41, 5.74) is 5.21. The van der Waals surface area contributed by atoms with Crippen LogP contribution in [0.15, 0.2) is 15.4 Å². The first-order valence-corrected chi connectivity index (χ1v) is 5.72. The number of rotatable bonds is 4. The van der Waals surface area contributed by atoms with Gasteiger partial charge in [-0.25, -0.2) is 13.1 Å². The molecule has 0 spiro atoms. The van der Waals surface area contributed by atoms with Gasteiger partial charge in [0.25, 0.3) is 0 Å². The summed E-state index contributed by atoms with van der Waals surface area (Å²) in [5, 5.41) is 0. The monoisotopic (exact) mass is 218 g/mol. The topological polar surface area (TPSA) is 85.3 Å². The van der Waals surface area contributed by atoms with E-state index in [-0.39, 0.29) is 18.0 Å². The second-order valence-corrected chi connectivity index (χ2v) is 4.70. The van der Waals surface area contributed by atoms with Gasteiger partial charge in [0, 0.05) is 13.1 Å². The van der Waals surface area contributed by atoms with Crippen LogP contribution in [0.3, 0.4) is 0 Å². The average Bonchev–Trinajstić information content (AvgIpc) is 2.42. The summed E-state index contributed by atoms with van der Waals surface area (Å²) in [7, 11) is -3.46. The van der Waals surface area contributed by atoms with E-state index in [0.29, 0.717) is 11.5 Å². The smallest absolute Gasteiger partial charge is 0.244 e. The lowest BCUT2D eigenvalue weighted by molar-refractivity contribution is 0.495. The van der Waals surface area contributed by atoms with Crippen molar-refractivity contribution >= 4 is 10.0 Å². The van der Waals surface area contributed by atoms with Gasteiger partial charge in [-0.2, -0.15) is 0 Å². The summed E-state index contributed by atoms with van der Waals surface area (Å²) in [6.07, 6.45) is 0. The zero-order valence-corrected chi connectivity index (χ0v) is 9.02. The van der Waals surface area contributed by atoms with Crippen molar-refractivity contribution in [2.45, 2.75) is 18.7 Å². The summed E-state index contributed by atoms with van der Waals surface area (Å²) in [4.78, 5) is 0.184. The molecule has 80 valence electrons. The maximum atomic E-state index is 11.6. The number of aryl methyl sites for hydroxylation is 2.